The van der Waals surface area contributed by atoms with Crippen LogP contribution in [0.3, 0.4) is 0 Å². The number of aryl methyl sites for hydroxylation is 2. The van der Waals surface area contributed by atoms with E-state index in [0.717, 1.165) is 5.56 Å². The van der Waals surface area contributed by atoms with Crippen molar-refractivity contribution in [1.29, 1.82) is 5.26 Å². The zero-order chi connectivity index (χ0) is 22.8. The highest BCUT2D eigenvalue weighted by Gasteiger charge is 2.23. The lowest BCUT2D eigenvalue weighted by molar-refractivity contribution is -0.131. The number of hydrogen-bond acceptors (Lipinski definition) is 4. The number of aromatic amines is 1. The number of nitrogens with zero attached hydrogens (tertiary/aromatic N) is 3. The van der Waals surface area contributed by atoms with E-state index >= 15 is 0 Å². The molecular weight excluding hydrogens is 414 g/mol. The van der Waals surface area contributed by atoms with Gasteiger partial charge in [0.05, 0.1) is 22.7 Å². The van der Waals surface area contributed by atoms with Crippen molar-refractivity contribution >= 4 is 22.4 Å². The number of fused-ring (bicyclic) bond motifs is 1. The second-order valence-corrected chi connectivity index (χ2v) is 7.92. The van der Waals surface area contributed by atoms with E-state index in [-0.39, 0.29) is 17.7 Å². The Kier molecular flexibility index (Phi) is 5.91. The monoisotopic (exact) mass is 436 g/mol. The van der Waals surface area contributed by atoms with E-state index in [9.17, 15) is 18.4 Å². The van der Waals surface area contributed by atoms with Crippen LogP contribution < -0.4 is 10.5 Å². The summed E-state index contributed by atoms with van der Waals surface area (Å²) in [6.45, 7) is 3.61. The van der Waals surface area contributed by atoms with Crippen molar-refractivity contribution in [1.82, 2.24) is 9.88 Å². The number of rotatable bonds is 4. The van der Waals surface area contributed by atoms with E-state index in [1.165, 1.54) is 24.3 Å². The maximum absolute atomic E-state index is 14.2. The predicted molar refractivity (Wildman–Crippen MR) is 117 cm³/mol. The molecule has 0 aliphatic carbocycles. The third-order valence-electron chi connectivity index (χ3n) is 5.89. The minimum absolute atomic E-state index is 0.0314. The zero-order valence-corrected chi connectivity index (χ0v) is 17.6. The van der Waals surface area contributed by atoms with Crippen LogP contribution in [0.2, 0.25) is 0 Å². The zero-order valence-electron chi connectivity index (χ0n) is 17.6. The number of pyridine rings is 1. The number of nitrogens with one attached hydrogen (secondary N) is 1. The van der Waals surface area contributed by atoms with Crippen molar-refractivity contribution in [3.05, 3.63) is 75.2 Å². The quantitative estimate of drug-likeness (QED) is 0.681. The van der Waals surface area contributed by atoms with E-state index < -0.39 is 17.2 Å². The Morgan fingerprint density at radius 2 is 1.81 bits per heavy atom. The van der Waals surface area contributed by atoms with Crippen LogP contribution >= 0.6 is 0 Å². The molecule has 8 heteroatoms. The highest BCUT2D eigenvalue weighted by molar-refractivity contribution is 5.85. The van der Waals surface area contributed by atoms with Crippen molar-refractivity contribution in [2.24, 2.45) is 0 Å². The smallest absolute Gasteiger partial charge is 0.259 e. The standard InChI is InChI=1S/C24H22F2N4O2/c1-15-2-5-20(26)23-18(15)13-17(28-24(23)32)4-7-22(31)30-10-8-29(9-11-30)21-12-16(14-27)3-6-19(21)25/h2-3,5-6,12-13H,4,7-11H2,1H3,(H,28,32). The van der Waals surface area contributed by atoms with Crippen molar-refractivity contribution in [3.8, 4) is 6.07 Å². The maximum atomic E-state index is 14.2. The largest absolute Gasteiger partial charge is 0.366 e. The number of carbonyl (C=O) groups is 1. The third kappa shape index (κ3) is 4.19. The van der Waals surface area contributed by atoms with Crippen LogP contribution in [0.1, 0.15) is 23.2 Å². The van der Waals surface area contributed by atoms with Gasteiger partial charge in [0, 0.05) is 38.3 Å². The van der Waals surface area contributed by atoms with Crippen LogP contribution in [0.25, 0.3) is 10.8 Å². The molecule has 0 atom stereocenters. The number of carbonyl (C=O) groups excluding carboxylic acids is 1. The van der Waals surface area contributed by atoms with E-state index in [0.29, 0.717) is 54.9 Å². The molecule has 0 radical (unpaired) electrons. The van der Waals surface area contributed by atoms with Crippen LogP contribution in [0.4, 0.5) is 14.5 Å². The molecule has 1 aromatic heterocycles. The maximum Gasteiger partial charge on any atom is 0.259 e. The average Bonchev–Trinajstić information content (AvgIpc) is 2.80. The first kappa shape index (κ1) is 21.5. The Morgan fingerprint density at radius 1 is 1.09 bits per heavy atom. The fourth-order valence-corrected chi connectivity index (χ4v) is 4.09. The Labute approximate surface area is 183 Å². The molecule has 3 aromatic rings. The van der Waals surface area contributed by atoms with Gasteiger partial charge in [0.1, 0.15) is 11.6 Å². The topological polar surface area (TPSA) is 80.2 Å². The fraction of sp³-hybridized carbons (Fsp3) is 0.292. The number of piperazine rings is 1. The molecule has 1 N–H and O–H groups in total. The van der Waals surface area contributed by atoms with Crippen molar-refractivity contribution in [3.63, 3.8) is 0 Å². The number of hydrogen-bond donors (Lipinski definition) is 1. The summed E-state index contributed by atoms with van der Waals surface area (Å²) in [4.78, 5) is 31.2. The Balaban J connectivity index is 1.40. The van der Waals surface area contributed by atoms with Gasteiger partial charge < -0.3 is 14.8 Å². The van der Waals surface area contributed by atoms with Gasteiger partial charge in [0.2, 0.25) is 5.91 Å². The van der Waals surface area contributed by atoms with E-state index in [2.05, 4.69) is 4.98 Å². The lowest BCUT2D eigenvalue weighted by atomic mass is 10.0. The molecule has 0 spiro atoms. The van der Waals surface area contributed by atoms with Gasteiger partial charge in [-0.25, -0.2) is 8.78 Å². The second-order valence-electron chi connectivity index (χ2n) is 7.92. The molecule has 6 nitrogen and oxygen atoms in total. The van der Waals surface area contributed by atoms with Crippen LogP contribution in [-0.2, 0) is 11.2 Å². The molecule has 32 heavy (non-hydrogen) atoms. The summed E-state index contributed by atoms with van der Waals surface area (Å²) < 4.78 is 28.2. The summed E-state index contributed by atoms with van der Waals surface area (Å²) in [6.07, 6.45) is 0.535. The first-order valence-electron chi connectivity index (χ1n) is 10.4. The summed E-state index contributed by atoms with van der Waals surface area (Å²) >= 11 is 0. The average molecular weight is 436 g/mol. The molecular formula is C24H22F2N4O2. The molecule has 4 rings (SSSR count). The number of halogens is 2. The summed E-state index contributed by atoms with van der Waals surface area (Å²) in [6, 6.07) is 10.9. The van der Waals surface area contributed by atoms with Crippen LogP contribution in [0.5, 0.6) is 0 Å². The minimum Gasteiger partial charge on any atom is -0.366 e. The summed E-state index contributed by atoms with van der Waals surface area (Å²) in [5.41, 5.74) is 1.63. The van der Waals surface area contributed by atoms with Gasteiger partial charge in [-0.3, -0.25) is 9.59 Å². The highest BCUT2D eigenvalue weighted by Crippen LogP contribution is 2.23. The van der Waals surface area contributed by atoms with Crippen LogP contribution in [0.15, 0.2) is 41.2 Å². The molecule has 1 aliphatic rings. The molecule has 1 aliphatic heterocycles. The molecule has 0 unspecified atom stereocenters. The number of aromatic nitrogens is 1. The summed E-state index contributed by atoms with van der Waals surface area (Å²) in [5.74, 6) is -1.02. The molecule has 2 aromatic carbocycles. The molecule has 1 amide bonds. The van der Waals surface area contributed by atoms with Gasteiger partial charge in [-0.05, 0) is 54.6 Å². The summed E-state index contributed by atoms with van der Waals surface area (Å²) in [5, 5.41) is 9.62. The first-order valence-corrected chi connectivity index (χ1v) is 10.4. The molecule has 0 saturated carbocycles. The Hall–Kier alpha value is -3.73. The molecule has 164 valence electrons. The molecule has 1 saturated heterocycles. The SMILES string of the molecule is Cc1ccc(F)c2c(=O)[nH]c(CCC(=O)N3CCN(c4cc(C#N)ccc4F)CC3)cc12. The second kappa shape index (κ2) is 8.79. The molecule has 0 bridgehead atoms. The van der Waals surface area contributed by atoms with E-state index in [1.54, 1.807) is 17.0 Å². The van der Waals surface area contributed by atoms with E-state index in [1.807, 2.05) is 17.9 Å². The first-order chi connectivity index (χ1) is 15.4. The molecule has 2 heterocycles. The van der Waals surface area contributed by atoms with Crippen LogP contribution in [0, 0.1) is 29.9 Å². The molecule has 1 fully saturated rings. The Morgan fingerprint density at radius 3 is 2.53 bits per heavy atom. The normalized spacial score (nSPS) is 13.9. The lowest BCUT2D eigenvalue weighted by Gasteiger charge is -2.36. The summed E-state index contributed by atoms with van der Waals surface area (Å²) in [7, 11) is 0. The number of anilines is 1. The van der Waals surface area contributed by atoms with Gasteiger partial charge in [-0.2, -0.15) is 5.26 Å². The Bertz CT molecular complexity index is 1290. The number of benzene rings is 2. The predicted octanol–water partition coefficient (Wildman–Crippen LogP) is 3.27. The fourth-order valence-electron chi connectivity index (χ4n) is 4.09. The lowest BCUT2D eigenvalue weighted by Crippen LogP contribution is -2.49. The van der Waals surface area contributed by atoms with E-state index in [4.69, 9.17) is 5.26 Å². The van der Waals surface area contributed by atoms with Gasteiger partial charge in [0.15, 0.2) is 0 Å². The van der Waals surface area contributed by atoms with Crippen molar-refractivity contribution < 1.29 is 13.6 Å². The van der Waals surface area contributed by atoms with Gasteiger partial charge in [-0.1, -0.05) is 6.07 Å². The number of nitriles is 1. The number of amides is 1. The van der Waals surface area contributed by atoms with Gasteiger partial charge >= 0.3 is 0 Å². The van der Waals surface area contributed by atoms with Crippen molar-refractivity contribution in [2.45, 2.75) is 19.8 Å². The number of H-pyrrole nitrogens is 1. The highest BCUT2D eigenvalue weighted by atomic mass is 19.1. The van der Waals surface area contributed by atoms with Crippen molar-refractivity contribution in [2.75, 3.05) is 31.1 Å². The minimum atomic E-state index is -0.566. The third-order valence-corrected chi connectivity index (χ3v) is 5.89. The van der Waals surface area contributed by atoms with Gasteiger partial charge in [-0.15, -0.1) is 0 Å². The van der Waals surface area contributed by atoms with Gasteiger partial charge in [0.25, 0.3) is 5.56 Å². The van der Waals surface area contributed by atoms with Crippen LogP contribution in [-0.4, -0.2) is 42.0 Å².